The summed E-state index contributed by atoms with van der Waals surface area (Å²) in [5.74, 6) is 0.727. The number of ether oxygens (including phenoxy) is 2. The zero-order valence-corrected chi connectivity index (χ0v) is 17.2. The Bertz CT molecular complexity index is 579. The molecule has 5 nitrogen and oxygen atoms in total. The SMILES string of the molecule is CCC(CC)C(CNC(=O)c1cc(Cl)c(OC)c(Cl)c1)N1CCOCC1. The normalized spacial score (nSPS) is 16.5. The van der Waals surface area contributed by atoms with Gasteiger partial charge in [-0.3, -0.25) is 9.69 Å². The van der Waals surface area contributed by atoms with Gasteiger partial charge in [0, 0.05) is 31.2 Å². The van der Waals surface area contributed by atoms with Crippen molar-refractivity contribution in [3.63, 3.8) is 0 Å². The van der Waals surface area contributed by atoms with E-state index < -0.39 is 0 Å². The third-order valence-electron chi connectivity index (χ3n) is 5.04. The number of morpholine rings is 1. The van der Waals surface area contributed by atoms with Crippen LogP contribution >= 0.6 is 23.2 Å². The number of methoxy groups -OCH3 is 1. The minimum atomic E-state index is -0.180. The first-order chi connectivity index (χ1) is 12.5. The highest BCUT2D eigenvalue weighted by Crippen LogP contribution is 2.33. The van der Waals surface area contributed by atoms with Crippen LogP contribution < -0.4 is 10.1 Å². The molecule has 0 aromatic heterocycles. The van der Waals surface area contributed by atoms with Crippen molar-refractivity contribution in [1.29, 1.82) is 0 Å². The molecule has 1 atom stereocenters. The maximum atomic E-state index is 12.6. The monoisotopic (exact) mass is 402 g/mol. The lowest BCUT2D eigenvalue weighted by Crippen LogP contribution is -2.52. The third-order valence-corrected chi connectivity index (χ3v) is 5.61. The van der Waals surface area contributed by atoms with Gasteiger partial charge in [-0.05, 0) is 18.1 Å². The van der Waals surface area contributed by atoms with Crippen LogP contribution in [0.1, 0.15) is 37.0 Å². The van der Waals surface area contributed by atoms with Crippen LogP contribution in [0.3, 0.4) is 0 Å². The molecule has 1 heterocycles. The molecule has 7 heteroatoms. The van der Waals surface area contributed by atoms with E-state index in [-0.39, 0.29) is 5.91 Å². The van der Waals surface area contributed by atoms with Crippen LogP contribution in [0, 0.1) is 5.92 Å². The van der Waals surface area contributed by atoms with Gasteiger partial charge in [0.15, 0.2) is 5.75 Å². The maximum absolute atomic E-state index is 12.6. The predicted molar refractivity (Wildman–Crippen MR) is 106 cm³/mol. The van der Waals surface area contributed by atoms with Crippen molar-refractivity contribution in [2.75, 3.05) is 40.0 Å². The van der Waals surface area contributed by atoms with Crippen LogP contribution in [-0.2, 0) is 4.74 Å². The Balaban J connectivity index is 2.08. The molecule has 1 amide bonds. The Labute approximate surface area is 165 Å². The molecule has 1 aliphatic heterocycles. The van der Waals surface area contributed by atoms with E-state index in [1.807, 2.05) is 0 Å². The fraction of sp³-hybridized carbons (Fsp3) is 0.632. The Morgan fingerprint density at radius 2 is 1.81 bits per heavy atom. The lowest BCUT2D eigenvalue weighted by Gasteiger charge is -2.38. The van der Waals surface area contributed by atoms with Crippen molar-refractivity contribution in [2.24, 2.45) is 5.92 Å². The van der Waals surface area contributed by atoms with E-state index in [9.17, 15) is 4.79 Å². The number of rotatable bonds is 8. The second-order valence-corrected chi connectivity index (χ2v) is 7.29. The number of nitrogens with one attached hydrogen (secondary N) is 1. The topological polar surface area (TPSA) is 50.8 Å². The van der Waals surface area contributed by atoms with E-state index in [2.05, 4.69) is 24.1 Å². The van der Waals surface area contributed by atoms with Gasteiger partial charge in [-0.2, -0.15) is 0 Å². The van der Waals surface area contributed by atoms with Gasteiger partial charge in [-0.1, -0.05) is 49.9 Å². The average Bonchev–Trinajstić information content (AvgIpc) is 2.65. The van der Waals surface area contributed by atoms with E-state index in [4.69, 9.17) is 32.7 Å². The minimum absolute atomic E-state index is 0.180. The molecular weight excluding hydrogens is 375 g/mol. The van der Waals surface area contributed by atoms with Crippen molar-refractivity contribution in [3.8, 4) is 5.75 Å². The number of carbonyl (C=O) groups excluding carboxylic acids is 1. The Morgan fingerprint density at radius 3 is 2.31 bits per heavy atom. The van der Waals surface area contributed by atoms with E-state index >= 15 is 0 Å². The number of halogens is 2. The van der Waals surface area contributed by atoms with Crippen molar-refractivity contribution in [3.05, 3.63) is 27.7 Å². The standard InChI is InChI=1S/C19H28Cl2N2O3/c1-4-13(5-2)17(23-6-8-26-9-7-23)12-22-19(24)14-10-15(20)18(25-3)16(21)11-14/h10-11,13,17H,4-9,12H2,1-3H3,(H,22,24). The van der Waals surface area contributed by atoms with Gasteiger partial charge in [0.2, 0.25) is 0 Å². The second kappa shape index (κ2) is 10.4. The number of carbonyl (C=O) groups is 1. The van der Waals surface area contributed by atoms with Gasteiger partial charge in [0.05, 0.1) is 30.4 Å². The van der Waals surface area contributed by atoms with Gasteiger partial charge < -0.3 is 14.8 Å². The van der Waals surface area contributed by atoms with Gasteiger partial charge in [0.25, 0.3) is 5.91 Å². The molecule has 1 aliphatic rings. The van der Waals surface area contributed by atoms with E-state index in [1.54, 1.807) is 12.1 Å². The molecule has 1 aromatic rings. The number of benzene rings is 1. The van der Waals surface area contributed by atoms with Gasteiger partial charge in [-0.15, -0.1) is 0 Å². The van der Waals surface area contributed by atoms with Crippen molar-refractivity contribution >= 4 is 29.1 Å². The molecule has 2 rings (SSSR count). The summed E-state index contributed by atoms with van der Waals surface area (Å²) in [6.45, 7) is 8.28. The molecule has 0 aliphatic carbocycles. The van der Waals surface area contributed by atoms with Crippen molar-refractivity contribution < 1.29 is 14.3 Å². The number of amides is 1. The van der Waals surface area contributed by atoms with Crippen LogP contribution in [-0.4, -0.2) is 56.8 Å². The fourth-order valence-electron chi connectivity index (χ4n) is 3.52. The Kier molecular flexibility index (Phi) is 8.48. The van der Waals surface area contributed by atoms with Crippen LogP contribution in [0.5, 0.6) is 5.75 Å². The molecule has 1 aromatic carbocycles. The van der Waals surface area contributed by atoms with Crippen molar-refractivity contribution in [1.82, 2.24) is 10.2 Å². The highest BCUT2D eigenvalue weighted by Gasteiger charge is 2.27. The lowest BCUT2D eigenvalue weighted by atomic mass is 9.92. The quantitative estimate of drug-likeness (QED) is 0.716. The Hall–Kier alpha value is -1.01. The summed E-state index contributed by atoms with van der Waals surface area (Å²) in [6, 6.07) is 3.47. The molecule has 1 N–H and O–H groups in total. The first-order valence-corrected chi connectivity index (χ1v) is 9.90. The van der Waals surface area contributed by atoms with Crippen LogP contribution in [0.4, 0.5) is 0 Å². The summed E-state index contributed by atoms with van der Waals surface area (Å²) in [6.07, 6.45) is 2.16. The lowest BCUT2D eigenvalue weighted by molar-refractivity contribution is 0.00191. The third kappa shape index (κ3) is 5.26. The average molecular weight is 403 g/mol. The van der Waals surface area contributed by atoms with Gasteiger partial charge in [-0.25, -0.2) is 0 Å². The molecule has 1 saturated heterocycles. The van der Waals surface area contributed by atoms with Crippen molar-refractivity contribution in [2.45, 2.75) is 32.7 Å². The predicted octanol–water partition coefficient (Wildman–Crippen LogP) is 3.87. The van der Waals surface area contributed by atoms with E-state index in [0.29, 0.717) is 39.9 Å². The number of hydrogen-bond donors (Lipinski definition) is 1. The van der Waals surface area contributed by atoms with Gasteiger partial charge >= 0.3 is 0 Å². The van der Waals surface area contributed by atoms with Crippen LogP contribution in [0.2, 0.25) is 10.0 Å². The largest absolute Gasteiger partial charge is 0.494 e. The number of nitrogens with zero attached hydrogens (tertiary/aromatic N) is 1. The molecule has 1 unspecified atom stereocenters. The smallest absolute Gasteiger partial charge is 0.251 e. The molecule has 0 radical (unpaired) electrons. The first kappa shape index (κ1) is 21.3. The zero-order valence-electron chi connectivity index (χ0n) is 15.7. The molecule has 0 saturated carbocycles. The van der Waals surface area contributed by atoms with Gasteiger partial charge in [0.1, 0.15) is 0 Å². The summed E-state index contributed by atoms with van der Waals surface area (Å²) in [4.78, 5) is 15.0. The summed E-state index contributed by atoms with van der Waals surface area (Å²) in [5.41, 5.74) is 0.436. The molecule has 0 bridgehead atoms. The molecular formula is C19H28Cl2N2O3. The van der Waals surface area contributed by atoms with E-state index in [1.165, 1.54) is 7.11 Å². The van der Waals surface area contributed by atoms with Crippen LogP contribution in [0.15, 0.2) is 12.1 Å². The Morgan fingerprint density at radius 1 is 1.23 bits per heavy atom. The van der Waals surface area contributed by atoms with Crippen LogP contribution in [0.25, 0.3) is 0 Å². The molecule has 146 valence electrons. The molecule has 0 spiro atoms. The first-order valence-electron chi connectivity index (χ1n) is 9.14. The molecule has 1 fully saturated rings. The summed E-state index contributed by atoms with van der Waals surface area (Å²) in [5, 5.41) is 3.72. The minimum Gasteiger partial charge on any atom is -0.494 e. The maximum Gasteiger partial charge on any atom is 0.251 e. The summed E-state index contributed by atoms with van der Waals surface area (Å²) < 4.78 is 10.6. The zero-order chi connectivity index (χ0) is 19.1. The highest BCUT2D eigenvalue weighted by molar-refractivity contribution is 6.37. The summed E-state index contributed by atoms with van der Waals surface area (Å²) >= 11 is 12.3. The molecule has 26 heavy (non-hydrogen) atoms. The summed E-state index contributed by atoms with van der Waals surface area (Å²) in [7, 11) is 1.50. The number of hydrogen-bond acceptors (Lipinski definition) is 4. The van der Waals surface area contributed by atoms with E-state index in [0.717, 1.165) is 39.1 Å². The second-order valence-electron chi connectivity index (χ2n) is 6.48. The fourth-order valence-corrected chi connectivity index (χ4v) is 4.16. The highest BCUT2D eigenvalue weighted by atomic mass is 35.5.